The fourth-order valence-electron chi connectivity index (χ4n) is 3.80. The number of hydrogen-bond acceptors (Lipinski definition) is 4. The molecule has 3 aromatic rings. The van der Waals surface area contributed by atoms with Gasteiger partial charge in [-0.15, -0.1) is 0 Å². The van der Waals surface area contributed by atoms with E-state index in [1.165, 1.54) is 11.1 Å². The van der Waals surface area contributed by atoms with Crippen LogP contribution in [0.15, 0.2) is 36.4 Å². The quantitative estimate of drug-likeness (QED) is 0.774. The number of benzene rings is 1. The van der Waals surface area contributed by atoms with Crippen molar-refractivity contribution >= 4 is 11.6 Å². The molecular formula is C21H25N5O. The van der Waals surface area contributed by atoms with Crippen LogP contribution in [0.4, 0.5) is 0 Å². The minimum Gasteiger partial charge on any atom is -0.347 e. The second-order valence-electron chi connectivity index (χ2n) is 7.47. The fourth-order valence-corrected chi connectivity index (χ4v) is 3.80. The summed E-state index contributed by atoms with van der Waals surface area (Å²) in [6.45, 7) is 8.70. The van der Waals surface area contributed by atoms with Gasteiger partial charge >= 0.3 is 0 Å². The molecule has 6 nitrogen and oxygen atoms in total. The Morgan fingerprint density at radius 3 is 2.81 bits per heavy atom. The van der Waals surface area contributed by atoms with Gasteiger partial charge in [0.15, 0.2) is 5.65 Å². The molecular weight excluding hydrogens is 338 g/mol. The number of fused-ring (bicyclic) bond motifs is 2. The molecule has 140 valence electrons. The number of carbonyl (C=O) groups is 1. The zero-order chi connectivity index (χ0) is 19.0. The van der Waals surface area contributed by atoms with Gasteiger partial charge in [0.1, 0.15) is 5.69 Å². The van der Waals surface area contributed by atoms with Crippen LogP contribution >= 0.6 is 0 Å². The summed E-state index contributed by atoms with van der Waals surface area (Å²) >= 11 is 0. The Bertz CT molecular complexity index is 993. The maximum atomic E-state index is 12.7. The van der Waals surface area contributed by atoms with Crippen molar-refractivity contribution in [1.29, 1.82) is 0 Å². The monoisotopic (exact) mass is 363 g/mol. The normalized spacial score (nSPS) is 15.5. The van der Waals surface area contributed by atoms with Crippen molar-refractivity contribution in [2.45, 2.75) is 39.8 Å². The van der Waals surface area contributed by atoms with Crippen LogP contribution in [0.1, 0.15) is 39.9 Å². The molecule has 0 radical (unpaired) electrons. The first-order valence-corrected chi connectivity index (χ1v) is 9.43. The highest BCUT2D eigenvalue weighted by Crippen LogP contribution is 2.18. The van der Waals surface area contributed by atoms with Crippen molar-refractivity contribution in [2.75, 3.05) is 13.1 Å². The molecule has 6 heteroatoms. The summed E-state index contributed by atoms with van der Waals surface area (Å²) in [6, 6.07) is 12.3. The highest BCUT2D eigenvalue weighted by molar-refractivity contribution is 5.93. The van der Waals surface area contributed by atoms with E-state index in [-0.39, 0.29) is 11.9 Å². The van der Waals surface area contributed by atoms with Gasteiger partial charge in [-0.3, -0.25) is 9.69 Å². The van der Waals surface area contributed by atoms with Gasteiger partial charge in [-0.1, -0.05) is 24.3 Å². The van der Waals surface area contributed by atoms with E-state index in [1.54, 1.807) is 10.6 Å². The minimum absolute atomic E-state index is 0.0488. The number of nitrogens with one attached hydrogen (secondary N) is 1. The van der Waals surface area contributed by atoms with Crippen LogP contribution in [-0.4, -0.2) is 44.5 Å². The highest BCUT2D eigenvalue weighted by atomic mass is 16.1. The predicted molar refractivity (Wildman–Crippen MR) is 105 cm³/mol. The van der Waals surface area contributed by atoms with Crippen LogP contribution in [-0.2, 0) is 13.0 Å². The van der Waals surface area contributed by atoms with E-state index < -0.39 is 0 Å². The topological polar surface area (TPSA) is 62.5 Å². The highest BCUT2D eigenvalue weighted by Gasteiger charge is 2.19. The predicted octanol–water partition coefficient (Wildman–Crippen LogP) is 2.52. The third-order valence-electron chi connectivity index (χ3n) is 5.08. The average Bonchev–Trinajstić information content (AvgIpc) is 3.02. The van der Waals surface area contributed by atoms with Gasteiger partial charge in [-0.05, 0) is 44.4 Å². The summed E-state index contributed by atoms with van der Waals surface area (Å²) in [5, 5.41) is 7.48. The Morgan fingerprint density at radius 2 is 2.00 bits per heavy atom. The maximum absolute atomic E-state index is 12.7. The van der Waals surface area contributed by atoms with E-state index >= 15 is 0 Å². The van der Waals surface area contributed by atoms with Gasteiger partial charge < -0.3 is 5.32 Å². The first-order valence-electron chi connectivity index (χ1n) is 9.43. The van der Waals surface area contributed by atoms with Gasteiger partial charge in [-0.25, -0.2) is 9.50 Å². The Labute approximate surface area is 159 Å². The van der Waals surface area contributed by atoms with Crippen LogP contribution in [0.5, 0.6) is 0 Å². The van der Waals surface area contributed by atoms with E-state index in [2.05, 4.69) is 44.6 Å². The van der Waals surface area contributed by atoms with Gasteiger partial charge in [0.2, 0.25) is 0 Å². The van der Waals surface area contributed by atoms with Crippen molar-refractivity contribution in [1.82, 2.24) is 24.8 Å². The van der Waals surface area contributed by atoms with Crippen molar-refractivity contribution in [3.05, 3.63) is 64.6 Å². The third-order valence-corrected chi connectivity index (χ3v) is 5.08. The molecule has 1 aliphatic rings. The summed E-state index contributed by atoms with van der Waals surface area (Å²) < 4.78 is 1.76. The first-order chi connectivity index (χ1) is 13.0. The van der Waals surface area contributed by atoms with E-state index in [4.69, 9.17) is 0 Å². The van der Waals surface area contributed by atoms with Crippen molar-refractivity contribution < 1.29 is 4.79 Å². The second-order valence-corrected chi connectivity index (χ2v) is 7.47. The van der Waals surface area contributed by atoms with E-state index in [0.717, 1.165) is 37.4 Å². The molecule has 1 aromatic carbocycles. The lowest BCUT2D eigenvalue weighted by Gasteiger charge is -2.31. The molecule has 1 N–H and O–H groups in total. The van der Waals surface area contributed by atoms with Crippen molar-refractivity contribution in [3.63, 3.8) is 0 Å². The molecule has 0 fully saturated rings. The van der Waals surface area contributed by atoms with Gasteiger partial charge in [0, 0.05) is 37.4 Å². The van der Waals surface area contributed by atoms with Crippen LogP contribution in [0, 0.1) is 13.8 Å². The molecule has 4 rings (SSSR count). The maximum Gasteiger partial charge on any atom is 0.270 e. The Hall–Kier alpha value is -2.73. The Balaban J connectivity index is 1.41. The van der Waals surface area contributed by atoms with Crippen LogP contribution in [0.25, 0.3) is 5.65 Å². The molecule has 2 aromatic heterocycles. The van der Waals surface area contributed by atoms with Gasteiger partial charge in [-0.2, -0.15) is 5.10 Å². The summed E-state index contributed by atoms with van der Waals surface area (Å²) in [6.07, 6.45) is 1.06. The lowest BCUT2D eigenvalue weighted by Crippen LogP contribution is -2.43. The summed E-state index contributed by atoms with van der Waals surface area (Å²) in [7, 11) is 0. The molecule has 0 saturated carbocycles. The third kappa shape index (κ3) is 3.71. The van der Waals surface area contributed by atoms with Crippen LogP contribution in [0.2, 0.25) is 0 Å². The number of nitrogens with zero attached hydrogens (tertiary/aromatic N) is 4. The van der Waals surface area contributed by atoms with Crippen LogP contribution in [0.3, 0.4) is 0 Å². The second kappa shape index (κ2) is 7.12. The molecule has 0 aliphatic carbocycles. The molecule has 27 heavy (non-hydrogen) atoms. The number of hydrogen-bond donors (Lipinski definition) is 1. The Kier molecular flexibility index (Phi) is 4.66. The fraction of sp³-hybridized carbons (Fsp3) is 0.381. The molecule has 1 atom stereocenters. The first kappa shape index (κ1) is 17.7. The standard InChI is InChI=1S/C21H25N5O/c1-14-10-20-23-19(11-16(3)26(20)24-14)21(27)22-15(2)12-25-9-8-17-6-4-5-7-18(17)13-25/h4-7,10-11,15H,8-9,12-13H2,1-3H3,(H,22,27)/t15-/m1/s1. The molecule has 1 amide bonds. The molecule has 1 aliphatic heterocycles. The number of aryl methyl sites for hydroxylation is 2. The van der Waals surface area contributed by atoms with E-state index in [9.17, 15) is 4.79 Å². The number of amides is 1. The lowest BCUT2D eigenvalue weighted by atomic mass is 10.00. The number of carbonyl (C=O) groups excluding carboxylic acids is 1. The molecule has 0 bridgehead atoms. The SMILES string of the molecule is Cc1cc2nc(C(=O)N[C@H](C)CN3CCc4ccccc4C3)cc(C)n2n1. The summed E-state index contributed by atoms with van der Waals surface area (Å²) in [4.78, 5) is 19.5. The largest absolute Gasteiger partial charge is 0.347 e. The van der Waals surface area contributed by atoms with Crippen molar-refractivity contribution in [3.8, 4) is 0 Å². The Morgan fingerprint density at radius 1 is 1.22 bits per heavy atom. The average molecular weight is 363 g/mol. The van der Waals surface area contributed by atoms with Crippen molar-refractivity contribution in [2.24, 2.45) is 0 Å². The zero-order valence-corrected chi connectivity index (χ0v) is 16.1. The molecule has 3 heterocycles. The molecule has 0 unspecified atom stereocenters. The minimum atomic E-state index is -0.135. The number of rotatable bonds is 4. The smallest absolute Gasteiger partial charge is 0.270 e. The van der Waals surface area contributed by atoms with Gasteiger partial charge in [0.05, 0.1) is 5.69 Å². The molecule has 0 saturated heterocycles. The van der Waals surface area contributed by atoms with E-state index in [0.29, 0.717) is 11.3 Å². The van der Waals surface area contributed by atoms with Crippen LogP contribution < -0.4 is 5.32 Å². The van der Waals surface area contributed by atoms with E-state index in [1.807, 2.05) is 26.8 Å². The zero-order valence-electron chi connectivity index (χ0n) is 16.1. The summed E-state index contributed by atoms with van der Waals surface area (Å²) in [5.74, 6) is -0.135. The van der Waals surface area contributed by atoms with Gasteiger partial charge in [0.25, 0.3) is 5.91 Å². The number of aromatic nitrogens is 3. The lowest BCUT2D eigenvalue weighted by molar-refractivity contribution is 0.0922. The summed E-state index contributed by atoms with van der Waals surface area (Å²) in [5.41, 5.74) is 5.77. The molecule has 0 spiro atoms.